The van der Waals surface area contributed by atoms with Crippen LogP contribution in [0, 0.1) is 5.82 Å². The van der Waals surface area contributed by atoms with Crippen LogP contribution in [0.15, 0.2) is 42.5 Å². The van der Waals surface area contributed by atoms with E-state index in [9.17, 15) is 14.0 Å². The normalized spacial score (nSPS) is 14.0. The number of halogens is 1. The van der Waals surface area contributed by atoms with Crippen LogP contribution >= 0.6 is 0 Å². The lowest BCUT2D eigenvalue weighted by molar-refractivity contribution is -0.141. The Bertz CT molecular complexity index is 822. The molecule has 3 rings (SSSR count). The molecule has 1 aliphatic rings. The third-order valence-corrected chi connectivity index (χ3v) is 4.19. The van der Waals surface area contributed by atoms with Crippen molar-refractivity contribution in [3.8, 4) is 11.5 Å². The van der Waals surface area contributed by atoms with Crippen LogP contribution in [0.2, 0.25) is 0 Å². The van der Waals surface area contributed by atoms with Gasteiger partial charge in [0.25, 0.3) is 5.91 Å². The molecule has 1 amide bonds. The molecule has 0 fully saturated rings. The molecule has 0 bridgehead atoms. The standard InChI is InChI=1S/C20H20FNO5/c1-25-19(23)12-16(13-3-6-15(21)7-4-13)22-20(24)14-5-8-17-18(11-14)27-10-2-9-26-17/h3-8,11,16H,2,9-10,12H2,1H3,(H,22,24)/t16-/m0/s1. The van der Waals surface area contributed by atoms with Gasteiger partial charge in [-0.2, -0.15) is 0 Å². The fourth-order valence-electron chi connectivity index (χ4n) is 2.74. The number of rotatable bonds is 5. The molecule has 142 valence electrons. The number of hydrogen-bond acceptors (Lipinski definition) is 5. The summed E-state index contributed by atoms with van der Waals surface area (Å²) in [5, 5.41) is 2.80. The van der Waals surface area contributed by atoms with E-state index >= 15 is 0 Å². The predicted octanol–water partition coefficient (Wildman–Crippen LogP) is 3.02. The lowest BCUT2D eigenvalue weighted by Gasteiger charge is -2.19. The minimum atomic E-state index is -0.651. The molecule has 0 saturated heterocycles. The fraction of sp³-hybridized carbons (Fsp3) is 0.300. The summed E-state index contributed by atoms with van der Waals surface area (Å²) in [5.41, 5.74) is 0.973. The Kier molecular flexibility index (Phi) is 5.90. The highest BCUT2D eigenvalue weighted by atomic mass is 19.1. The van der Waals surface area contributed by atoms with Gasteiger partial charge in [-0.15, -0.1) is 0 Å². The van der Waals surface area contributed by atoms with E-state index in [0.717, 1.165) is 6.42 Å². The maximum atomic E-state index is 13.2. The predicted molar refractivity (Wildman–Crippen MR) is 95.3 cm³/mol. The van der Waals surface area contributed by atoms with Crippen molar-refractivity contribution in [2.24, 2.45) is 0 Å². The number of methoxy groups -OCH3 is 1. The van der Waals surface area contributed by atoms with Gasteiger partial charge in [0.05, 0.1) is 32.8 Å². The van der Waals surface area contributed by atoms with Gasteiger partial charge in [-0.1, -0.05) is 12.1 Å². The highest BCUT2D eigenvalue weighted by Crippen LogP contribution is 2.30. The van der Waals surface area contributed by atoms with Crippen molar-refractivity contribution in [1.29, 1.82) is 0 Å². The van der Waals surface area contributed by atoms with Gasteiger partial charge >= 0.3 is 5.97 Å². The number of ether oxygens (including phenoxy) is 3. The van der Waals surface area contributed by atoms with E-state index in [4.69, 9.17) is 14.2 Å². The van der Waals surface area contributed by atoms with Crippen molar-refractivity contribution in [3.05, 3.63) is 59.4 Å². The second-order valence-electron chi connectivity index (χ2n) is 6.07. The molecular formula is C20H20FNO5. The monoisotopic (exact) mass is 373 g/mol. The Morgan fingerprint density at radius 1 is 1.11 bits per heavy atom. The van der Waals surface area contributed by atoms with Gasteiger partial charge in [-0.05, 0) is 35.9 Å². The smallest absolute Gasteiger partial charge is 0.307 e. The number of amides is 1. The second-order valence-corrected chi connectivity index (χ2v) is 6.07. The van der Waals surface area contributed by atoms with E-state index in [2.05, 4.69) is 5.32 Å². The summed E-state index contributed by atoms with van der Waals surface area (Å²) >= 11 is 0. The minimum absolute atomic E-state index is 0.0710. The molecule has 0 radical (unpaired) electrons. The molecule has 0 spiro atoms. The molecule has 2 aromatic carbocycles. The van der Waals surface area contributed by atoms with Crippen LogP contribution in [0.1, 0.15) is 34.8 Å². The van der Waals surface area contributed by atoms with Gasteiger partial charge in [0.2, 0.25) is 0 Å². The van der Waals surface area contributed by atoms with Crippen molar-refractivity contribution >= 4 is 11.9 Å². The molecule has 1 aliphatic heterocycles. The molecule has 0 unspecified atom stereocenters. The number of esters is 1. The summed E-state index contributed by atoms with van der Waals surface area (Å²) < 4.78 is 29.1. The van der Waals surface area contributed by atoms with Gasteiger partial charge in [0, 0.05) is 12.0 Å². The molecule has 1 heterocycles. The van der Waals surface area contributed by atoms with E-state index in [0.29, 0.717) is 35.8 Å². The molecule has 0 aromatic heterocycles. The number of fused-ring (bicyclic) bond motifs is 1. The third kappa shape index (κ3) is 4.75. The SMILES string of the molecule is COC(=O)C[C@H](NC(=O)c1ccc2c(c1)OCCCO2)c1ccc(F)cc1. The molecule has 6 nitrogen and oxygen atoms in total. The first kappa shape index (κ1) is 18.7. The Hall–Kier alpha value is -3.09. The van der Waals surface area contributed by atoms with Crippen molar-refractivity contribution in [1.82, 2.24) is 5.32 Å². The van der Waals surface area contributed by atoms with Gasteiger partial charge in [0.1, 0.15) is 5.82 Å². The van der Waals surface area contributed by atoms with Crippen molar-refractivity contribution in [2.45, 2.75) is 18.9 Å². The summed E-state index contributed by atoms with van der Waals surface area (Å²) in [6.45, 7) is 1.07. The maximum absolute atomic E-state index is 13.2. The molecular weight excluding hydrogens is 353 g/mol. The molecule has 0 saturated carbocycles. The zero-order chi connectivity index (χ0) is 19.2. The zero-order valence-corrected chi connectivity index (χ0v) is 14.9. The summed E-state index contributed by atoms with van der Waals surface area (Å²) in [4.78, 5) is 24.4. The Labute approximate surface area is 156 Å². The van der Waals surface area contributed by atoms with E-state index in [1.54, 1.807) is 18.2 Å². The highest BCUT2D eigenvalue weighted by Gasteiger charge is 2.21. The van der Waals surface area contributed by atoms with Crippen LogP contribution in [-0.2, 0) is 9.53 Å². The first-order valence-electron chi connectivity index (χ1n) is 8.59. The van der Waals surface area contributed by atoms with Crippen LogP contribution < -0.4 is 14.8 Å². The summed E-state index contributed by atoms with van der Waals surface area (Å²) in [6.07, 6.45) is 0.695. The van der Waals surface area contributed by atoms with Crippen molar-refractivity contribution in [3.63, 3.8) is 0 Å². The van der Waals surface area contributed by atoms with Gasteiger partial charge < -0.3 is 19.5 Å². The quantitative estimate of drug-likeness (QED) is 0.816. The van der Waals surface area contributed by atoms with Crippen molar-refractivity contribution < 1.29 is 28.2 Å². The van der Waals surface area contributed by atoms with Gasteiger partial charge in [0.15, 0.2) is 11.5 Å². The molecule has 1 atom stereocenters. The average Bonchev–Trinajstić information content (AvgIpc) is 2.92. The van der Waals surface area contributed by atoms with E-state index < -0.39 is 17.8 Å². The first-order chi connectivity index (χ1) is 13.1. The van der Waals surface area contributed by atoms with Crippen LogP contribution in [-0.4, -0.2) is 32.2 Å². The summed E-state index contributed by atoms with van der Waals surface area (Å²) in [6, 6.07) is 9.87. The topological polar surface area (TPSA) is 73.9 Å². The number of carbonyl (C=O) groups excluding carboxylic acids is 2. The lowest BCUT2D eigenvalue weighted by Crippen LogP contribution is -2.30. The van der Waals surface area contributed by atoms with Crippen LogP contribution in [0.25, 0.3) is 0 Å². The van der Waals surface area contributed by atoms with E-state index in [1.807, 2.05) is 0 Å². The highest BCUT2D eigenvalue weighted by molar-refractivity contribution is 5.95. The number of hydrogen-bond donors (Lipinski definition) is 1. The van der Waals surface area contributed by atoms with Crippen LogP contribution in [0.5, 0.6) is 11.5 Å². The summed E-state index contributed by atoms with van der Waals surface area (Å²) in [5.74, 6) is -0.169. The second kappa shape index (κ2) is 8.53. The Morgan fingerprint density at radius 3 is 2.52 bits per heavy atom. The summed E-state index contributed by atoms with van der Waals surface area (Å²) in [7, 11) is 1.27. The number of carbonyl (C=O) groups is 2. The molecule has 2 aromatic rings. The average molecular weight is 373 g/mol. The third-order valence-electron chi connectivity index (χ3n) is 4.19. The van der Waals surface area contributed by atoms with Gasteiger partial charge in [-0.25, -0.2) is 4.39 Å². The lowest BCUT2D eigenvalue weighted by atomic mass is 10.0. The molecule has 27 heavy (non-hydrogen) atoms. The molecule has 0 aliphatic carbocycles. The molecule has 1 N–H and O–H groups in total. The van der Waals surface area contributed by atoms with E-state index in [-0.39, 0.29) is 12.3 Å². The first-order valence-corrected chi connectivity index (χ1v) is 8.59. The van der Waals surface area contributed by atoms with E-state index in [1.165, 1.54) is 31.4 Å². The minimum Gasteiger partial charge on any atom is -0.490 e. The largest absolute Gasteiger partial charge is 0.490 e. The Balaban J connectivity index is 1.80. The maximum Gasteiger partial charge on any atom is 0.307 e. The zero-order valence-electron chi connectivity index (χ0n) is 14.9. The van der Waals surface area contributed by atoms with Gasteiger partial charge in [-0.3, -0.25) is 9.59 Å². The molecule has 7 heteroatoms. The van der Waals surface area contributed by atoms with Crippen LogP contribution in [0.4, 0.5) is 4.39 Å². The Morgan fingerprint density at radius 2 is 1.81 bits per heavy atom. The number of benzene rings is 2. The fourth-order valence-corrected chi connectivity index (χ4v) is 2.74. The van der Waals surface area contributed by atoms with Crippen LogP contribution in [0.3, 0.4) is 0 Å². The number of nitrogens with one attached hydrogen (secondary N) is 1. The van der Waals surface area contributed by atoms with Crippen molar-refractivity contribution in [2.75, 3.05) is 20.3 Å².